The van der Waals surface area contributed by atoms with Crippen molar-refractivity contribution in [2.24, 2.45) is 5.92 Å². The summed E-state index contributed by atoms with van der Waals surface area (Å²) in [7, 11) is 1.81. The van der Waals surface area contributed by atoms with Crippen molar-refractivity contribution in [3.63, 3.8) is 0 Å². The number of fused-ring (bicyclic) bond motifs is 1. The van der Waals surface area contributed by atoms with E-state index in [2.05, 4.69) is 10.6 Å². The fourth-order valence-corrected chi connectivity index (χ4v) is 5.24. The molecule has 3 N–H and O–H groups in total. The molecule has 3 aromatic carbocycles. The largest absolute Gasteiger partial charge is 0.488 e. The first-order valence-corrected chi connectivity index (χ1v) is 14.8. The summed E-state index contributed by atoms with van der Waals surface area (Å²) in [5.74, 6) is -0.0973. The van der Waals surface area contributed by atoms with Crippen LogP contribution in [0.4, 0.5) is 42.5 Å². The van der Waals surface area contributed by atoms with E-state index in [-0.39, 0.29) is 37.1 Å². The van der Waals surface area contributed by atoms with Gasteiger partial charge in [-0.3, -0.25) is 9.69 Å². The molecule has 0 radical (unpaired) electrons. The molecular formula is C33H36F6N4O4. The number of nitrogens with zero attached hydrogens (tertiary/aromatic N) is 2. The summed E-state index contributed by atoms with van der Waals surface area (Å²) in [6.45, 7) is 4.33. The van der Waals surface area contributed by atoms with Crippen molar-refractivity contribution in [3.8, 4) is 5.75 Å². The zero-order chi connectivity index (χ0) is 34.5. The van der Waals surface area contributed by atoms with Crippen LogP contribution in [-0.4, -0.2) is 65.7 Å². The minimum Gasteiger partial charge on any atom is -0.488 e. The van der Waals surface area contributed by atoms with Gasteiger partial charge in [0, 0.05) is 42.5 Å². The molecule has 4 rings (SSSR count). The Hall–Kier alpha value is -4.30. The summed E-state index contributed by atoms with van der Waals surface area (Å²) >= 11 is 0. The van der Waals surface area contributed by atoms with E-state index in [0.717, 1.165) is 36.4 Å². The molecule has 0 bridgehead atoms. The smallest absolute Gasteiger partial charge is 0.416 e. The monoisotopic (exact) mass is 666 g/mol. The molecule has 1 aliphatic heterocycles. The number of alkyl halides is 6. The Balaban J connectivity index is 1.52. The molecule has 0 saturated heterocycles. The second-order valence-electron chi connectivity index (χ2n) is 11.8. The summed E-state index contributed by atoms with van der Waals surface area (Å²) < 4.78 is 84.0. The molecule has 1 heterocycles. The highest BCUT2D eigenvalue weighted by Crippen LogP contribution is 2.32. The molecule has 1 aliphatic rings. The Labute approximate surface area is 268 Å². The number of carbonyl (C=O) groups excluding carboxylic acids is 2. The number of halogens is 6. The highest BCUT2D eigenvalue weighted by Gasteiger charge is 2.33. The average molecular weight is 667 g/mol. The number of anilines is 2. The van der Waals surface area contributed by atoms with Crippen molar-refractivity contribution >= 4 is 23.3 Å². The van der Waals surface area contributed by atoms with E-state index in [1.807, 2.05) is 18.9 Å². The zero-order valence-corrected chi connectivity index (χ0v) is 26.0. The average Bonchev–Trinajstić information content (AvgIpc) is 3.03. The predicted octanol–water partition coefficient (Wildman–Crippen LogP) is 6.65. The normalized spacial score (nSPS) is 18.0. The summed E-state index contributed by atoms with van der Waals surface area (Å²) in [4.78, 5) is 29.6. The van der Waals surface area contributed by atoms with E-state index in [4.69, 9.17) is 4.74 Å². The number of carbonyl (C=O) groups is 2. The third-order valence-corrected chi connectivity index (χ3v) is 7.87. The molecule has 0 saturated carbocycles. The number of urea groups is 1. The molecule has 0 aliphatic carbocycles. The fourth-order valence-electron chi connectivity index (χ4n) is 5.24. The molecule has 0 unspecified atom stereocenters. The van der Waals surface area contributed by atoms with Crippen LogP contribution in [-0.2, 0) is 30.1 Å². The van der Waals surface area contributed by atoms with Gasteiger partial charge in [0.05, 0.1) is 30.2 Å². The van der Waals surface area contributed by atoms with Crippen LogP contribution in [0.5, 0.6) is 5.75 Å². The van der Waals surface area contributed by atoms with Crippen LogP contribution < -0.4 is 15.4 Å². The molecule has 3 aromatic rings. The van der Waals surface area contributed by atoms with Gasteiger partial charge in [0.1, 0.15) is 11.9 Å². The Morgan fingerprint density at radius 1 is 0.957 bits per heavy atom. The summed E-state index contributed by atoms with van der Waals surface area (Å²) in [5.41, 5.74) is -0.0112. The first-order valence-electron chi connectivity index (χ1n) is 14.8. The van der Waals surface area contributed by atoms with E-state index in [9.17, 15) is 41.0 Å². The van der Waals surface area contributed by atoms with Crippen molar-refractivity contribution in [2.75, 3.05) is 37.4 Å². The maximum atomic E-state index is 13.5. The molecule has 0 spiro atoms. The van der Waals surface area contributed by atoms with E-state index >= 15 is 0 Å². The summed E-state index contributed by atoms with van der Waals surface area (Å²) in [5, 5.41) is 15.0. The van der Waals surface area contributed by atoms with E-state index in [1.165, 1.54) is 12.1 Å². The maximum absolute atomic E-state index is 13.5. The van der Waals surface area contributed by atoms with Crippen LogP contribution in [0.1, 0.15) is 36.1 Å². The van der Waals surface area contributed by atoms with Crippen molar-refractivity contribution in [2.45, 2.75) is 51.3 Å². The Morgan fingerprint density at radius 2 is 1.51 bits per heavy atom. The van der Waals surface area contributed by atoms with E-state index < -0.39 is 41.7 Å². The number of nitrogens with one attached hydrogen (secondary N) is 2. The van der Waals surface area contributed by atoms with E-state index in [0.29, 0.717) is 35.7 Å². The van der Waals surface area contributed by atoms with Crippen molar-refractivity contribution in [3.05, 3.63) is 89.0 Å². The van der Waals surface area contributed by atoms with Gasteiger partial charge < -0.3 is 25.4 Å². The minimum atomic E-state index is -4.51. The Morgan fingerprint density at radius 3 is 2.09 bits per heavy atom. The number of aliphatic hydroxyl groups excluding tert-OH is 1. The molecule has 0 aromatic heterocycles. The zero-order valence-electron chi connectivity index (χ0n) is 26.0. The third kappa shape index (κ3) is 9.61. The highest BCUT2D eigenvalue weighted by atomic mass is 19.4. The number of hydrogen-bond donors (Lipinski definition) is 3. The van der Waals surface area contributed by atoms with Crippen LogP contribution in [0, 0.1) is 5.92 Å². The molecule has 14 heteroatoms. The molecular weight excluding hydrogens is 630 g/mol. The number of ether oxygens (including phenoxy) is 1. The van der Waals surface area contributed by atoms with Crippen LogP contribution in [0.15, 0.2) is 66.7 Å². The Kier molecular flexibility index (Phi) is 11.1. The second-order valence-corrected chi connectivity index (χ2v) is 11.8. The Bertz CT molecular complexity index is 1530. The van der Waals surface area contributed by atoms with Gasteiger partial charge in [-0.15, -0.1) is 0 Å². The highest BCUT2D eigenvalue weighted by molar-refractivity contribution is 6.00. The molecule has 8 nitrogen and oxygen atoms in total. The van der Waals surface area contributed by atoms with E-state index in [1.54, 1.807) is 30.0 Å². The standard InChI is InChI=1S/C33H36F6N4O4/c1-20-16-43(21(2)19-44)30(45)15-23-14-27(41-31(46)40-26-10-8-25(9-11-26)33(37,38)39)12-13-28(23)47-29(20)18-42(3)17-22-4-6-24(7-5-22)32(34,35)36/h4-14,20-21,29,44H,15-19H2,1-3H3,(H2,40,41,46)/t20-,21-,29+/m0/s1. The van der Waals surface area contributed by atoms with Crippen LogP contribution in [0.3, 0.4) is 0 Å². The van der Waals surface area contributed by atoms with Gasteiger partial charge in [0.25, 0.3) is 0 Å². The van der Waals surface area contributed by atoms with Gasteiger partial charge in [-0.25, -0.2) is 4.79 Å². The number of benzene rings is 3. The molecule has 3 amide bonds. The number of rotatable bonds is 8. The number of hydrogen-bond acceptors (Lipinski definition) is 5. The third-order valence-electron chi connectivity index (χ3n) is 7.87. The number of likely N-dealkylation sites (N-methyl/N-ethyl adjacent to an activating group) is 1. The topological polar surface area (TPSA) is 94.1 Å². The molecule has 3 atom stereocenters. The summed E-state index contributed by atoms with van der Waals surface area (Å²) in [6.07, 6.45) is -9.52. The first-order chi connectivity index (χ1) is 22.0. The lowest BCUT2D eigenvalue weighted by atomic mass is 10.0. The second kappa shape index (κ2) is 14.6. The number of aliphatic hydroxyl groups is 1. The van der Waals surface area contributed by atoms with Gasteiger partial charge in [-0.05, 0) is 74.1 Å². The maximum Gasteiger partial charge on any atom is 0.416 e. The lowest BCUT2D eigenvalue weighted by molar-refractivity contribution is -0.138. The van der Waals surface area contributed by atoms with Gasteiger partial charge >= 0.3 is 18.4 Å². The van der Waals surface area contributed by atoms with Crippen LogP contribution in [0.25, 0.3) is 0 Å². The predicted molar refractivity (Wildman–Crippen MR) is 164 cm³/mol. The van der Waals surface area contributed by atoms with Crippen molar-refractivity contribution in [1.29, 1.82) is 0 Å². The van der Waals surface area contributed by atoms with Crippen molar-refractivity contribution in [1.82, 2.24) is 9.80 Å². The molecule has 47 heavy (non-hydrogen) atoms. The lowest BCUT2D eigenvalue weighted by Gasteiger charge is -2.34. The minimum absolute atomic E-state index is 0.101. The number of amides is 3. The fraction of sp³-hybridized carbons (Fsp3) is 0.394. The van der Waals surface area contributed by atoms with Crippen LogP contribution >= 0.6 is 0 Å². The van der Waals surface area contributed by atoms with Gasteiger partial charge in [-0.1, -0.05) is 19.1 Å². The first kappa shape index (κ1) is 35.6. The summed E-state index contributed by atoms with van der Waals surface area (Å²) in [6, 6.07) is 12.4. The quantitative estimate of drug-likeness (QED) is 0.234. The SMILES string of the molecule is C[C@H]1CN([C@@H](C)CO)C(=O)Cc2cc(NC(=O)Nc3ccc(C(F)(F)F)cc3)ccc2O[C@@H]1CN(C)Cc1ccc(C(F)(F)F)cc1. The van der Waals surface area contributed by atoms with Gasteiger partial charge in [-0.2, -0.15) is 26.3 Å². The van der Waals surface area contributed by atoms with Gasteiger partial charge in [0.2, 0.25) is 5.91 Å². The van der Waals surface area contributed by atoms with Crippen LogP contribution in [0.2, 0.25) is 0 Å². The molecule has 254 valence electrons. The van der Waals surface area contributed by atoms with Gasteiger partial charge in [0.15, 0.2) is 0 Å². The lowest BCUT2D eigenvalue weighted by Crippen LogP contribution is -2.47. The van der Waals surface area contributed by atoms with Crippen molar-refractivity contribution < 1.29 is 45.8 Å². The molecule has 0 fully saturated rings.